The summed E-state index contributed by atoms with van der Waals surface area (Å²) >= 11 is 0. The van der Waals surface area contributed by atoms with Crippen molar-refractivity contribution in [1.29, 1.82) is 0 Å². The highest BCUT2D eigenvalue weighted by Crippen LogP contribution is 2.47. The van der Waals surface area contributed by atoms with Crippen molar-refractivity contribution >= 4 is 0 Å². The van der Waals surface area contributed by atoms with Crippen molar-refractivity contribution < 1.29 is 0 Å². The van der Waals surface area contributed by atoms with Gasteiger partial charge in [0.25, 0.3) is 0 Å². The Balaban J connectivity index is 1.93. The van der Waals surface area contributed by atoms with E-state index in [2.05, 4.69) is 40.7 Å². The first-order valence-electron chi connectivity index (χ1n) is 10.1. The summed E-state index contributed by atoms with van der Waals surface area (Å²) in [6.45, 7) is 12.3. The van der Waals surface area contributed by atoms with Gasteiger partial charge in [-0.25, -0.2) is 0 Å². The highest BCUT2D eigenvalue weighted by molar-refractivity contribution is 5.17. The van der Waals surface area contributed by atoms with E-state index in [1.807, 2.05) is 0 Å². The summed E-state index contributed by atoms with van der Waals surface area (Å²) in [7, 11) is 0. The minimum Gasteiger partial charge on any atom is -0.0845 e. The van der Waals surface area contributed by atoms with Crippen molar-refractivity contribution in [2.45, 2.75) is 98.8 Å². The van der Waals surface area contributed by atoms with Crippen LogP contribution in [-0.4, -0.2) is 0 Å². The monoisotopic (exact) mass is 304 g/mol. The van der Waals surface area contributed by atoms with Crippen molar-refractivity contribution in [3.63, 3.8) is 0 Å². The Kier molecular flexibility index (Phi) is 6.59. The minimum atomic E-state index is 0.471. The molecule has 0 aromatic heterocycles. The van der Waals surface area contributed by atoms with Gasteiger partial charge in [0, 0.05) is 0 Å². The summed E-state index contributed by atoms with van der Waals surface area (Å²) in [5.41, 5.74) is 2.28. The molecule has 0 aromatic carbocycles. The summed E-state index contributed by atoms with van der Waals surface area (Å²) in [6, 6.07) is 0. The summed E-state index contributed by atoms with van der Waals surface area (Å²) in [5, 5.41) is 0. The van der Waals surface area contributed by atoms with Crippen LogP contribution in [0.3, 0.4) is 0 Å². The van der Waals surface area contributed by atoms with Gasteiger partial charge < -0.3 is 0 Å². The van der Waals surface area contributed by atoms with Gasteiger partial charge in [0.1, 0.15) is 0 Å². The van der Waals surface area contributed by atoms with Gasteiger partial charge in [-0.2, -0.15) is 0 Å². The Labute approximate surface area is 140 Å². The zero-order valence-corrected chi connectivity index (χ0v) is 16.0. The zero-order chi connectivity index (χ0) is 16.2. The van der Waals surface area contributed by atoms with E-state index in [1.54, 1.807) is 5.57 Å². The Morgan fingerprint density at radius 1 is 1.18 bits per heavy atom. The largest absolute Gasteiger partial charge is 0.0845 e. The minimum absolute atomic E-state index is 0.471. The van der Waals surface area contributed by atoms with Crippen molar-refractivity contribution in [2.75, 3.05) is 0 Å². The van der Waals surface area contributed by atoms with E-state index >= 15 is 0 Å². The quantitative estimate of drug-likeness (QED) is 0.430. The molecule has 0 aromatic rings. The maximum atomic E-state index is 2.62. The van der Waals surface area contributed by atoms with E-state index in [0.717, 1.165) is 23.7 Å². The fourth-order valence-electron chi connectivity index (χ4n) is 5.00. The molecule has 2 rings (SSSR count). The second kappa shape index (κ2) is 8.02. The predicted octanol–water partition coefficient (Wildman–Crippen LogP) is 7.39. The maximum Gasteiger partial charge on any atom is -0.00909 e. The molecule has 5 unspecified atom stereocenters. The molecule has 0 amide bonds. The molecule has 0 saturated heterocycles. The molecule has 0 radical (unpaired) electrons. The van der Waals surface area contributed by atoms with E-state index in [-0.39, 0.29) is 0 Å². The lowest BCUT2D eigenvalue weighted by atomic mass is 9.64. The summed E-state index contributed by atoms with van der Waals surface area (Å²) < 4.78 is 0. The van der Waals surface area contributed by atoms with Gasteiger partial charge in [0.15, 0.2) is 0 Å². The third kappa shape index (κ3) is 4.39. The lowest BCUT2D eigenvalue weighted by Gasteiger charge is -2.40. The molecule has 1 fully saturated rings. The molecule has 0 spiro atoms. The predicted molar refractivity (Wildman–Crippen MR) is 99.0 cm³/mol. The molecule has 5 atom stereocenters. The molecular weight excluding hydrogens is 264 g/mol. The molecule has 0 nitrogen and oxygen atoms in total. The van der Waals surface area contributed by atoms with Crippen molar-refractivity contribution in [3.8, 4) is 0 Å². The van der Waals surface area contributed by atoms with E-state index in [1.165, 1.54) is 64.2 Å². The van der Waals surface area contributed by atoms with Gasteiger partial charge >= 0.3 is 0 Å². The van der Waals surface area contributed by atoms with Crippen LogP contribution in [0.2, 0.25) is 0 Å². The average molecular weight is 305 g/mol. The molecule has 0 heteroatoms. The lowest BCUT2D eigenvalue weighted by molar-refractivity contribution is 0.204. The smallest absolute Gasteiger partial charge is 0.00909 e. The standard InChI is InChI=1S/C22H40/c1-6-19(4)22(5,21-13-10-17(2)11-14-21)15-7-8-20-12-9-18(3)16-20/h13,17-20H,6-12,14-16H2,1-5H3. The van der Waals surface area contributed by atoms with Crippen LogP contribution in [0.4, 0.5) is 0 Å². The maximum absolute atomic E-state index is 2.62. The first-order valence-corrected chi connectivity index (χ1v) is 10.1. The van der Waals surface area contributed by atoms with E-state index < -0.39 is 0 Å². The van der Waals surface area contributed by atoms with Gasteiger partial charge in [-0.05, 0) is 61.2 Å². The topological polar surface area (TPSA) is 0 Å². The van der Waals surface area contributed by atoms with E-state index in [9.17, 15) is 0 Å². The highest BCUT2D eigenvalue weighted by Gasteiger charge is 2.34. The summed E-state index contributed by atoms with van der Waals surface area (Å²) in [6.07, 6.45) is 16.9. The Hall–Kier alpha value is -0.260. The van der Waals surface area contributed by atoms with Crippen molar-refractivity contribution in [1.82, 2.24) is 0 Å². The van der Waals surface area contributed by atoms with E-state index in [4.69, 9.17) is 0 Å². The molecule has 2 aliphatic rings. The first kappa shape index (κ1) is 18.1. The van der Waals surface area contributed by atoms with Crippen LogP contribution in [0.15, 0.2) is 11.6 Å². The Morgan fingerprint density at radius 3 is 2.50 bits per heavy atom. The highest BCUT2D eigenvalue weighted by atomic mass is 14.4. The molecule has 0 N–H and O–H groups in total. The van der Waals surface area contributed by atoms with Gasteiger partial charge in [0.05, 0.1) is 0 Å². The fraction of sp³-hybridized carbons (Fsp3) is 0.909. The first-order chi connectivity index (χ1) is 10.5. The second-order valence-corrected chi connectivity index (χ2v) is 9.01. The fourth-order valence-corrected chi connectivity index (χ4v) is 5.00. The molecule has 1 saturated carbocycles. The van der Waals surface area contributed by atoms with Gasteiger partial charge in [-0.15, -0.1) is 0 Å². The van der Waals surface area contributed by atoms with Gasteiger partial charge in [-0.3, -0.25) is 0 Å². The van der Waals surface area contributed by atoms with Crippen LogP contribution in [-0.2, 0) is 0 Å². The molecule has 0 aliphatic heterocycles. The summed E-state index contributed by atoms with van der Waals surface area (Å²) in [5.74, 6) is 3.77. The number of allylic oxidation sites excluding steroid dienone is 2. The second-order valence-electron chi connectivity index (χ2n) is 9.01. The normalized spacial score (nSPS) is 33.3. The van der Waals surface area contributed by atoms with Crippen LogP contribution in [0.1, 0.15) is 98.8 Å². The SMILES string of the molecule is CCC(C)C(C)(CCCC1CCC(C)C1)C1=CCC(C)CC1. The third-order valence-corrected chi connectivity index (χ3v) is 7.22. The number of rotatable bonds is 7. The van der Waals surface area contributed by atoms with Crippen LogP contribution in [0.25, 0.3) is 0 Å². The molecule has 0 bridgehead atoms. The lowest BCUT2D eigenvalue weighted by Crippen LogP contribution is -2.29. The third-order valence-electron chi connectivity index (χ3n) is 7.22. The van der Waals surface area contributed by atoms with Gasteiger partial charge in [-0.1, -0.05) is 78.4 Å². The molecule has 0 heterocycles. The van der Waals surface area contributed by atoms with Crippen LogP contribution in [0, 0.1) is 29.1 Å². The average Bonchev–Trinajstić information content (AvgIpc) is 2.92. The number of hydrogen-bond donors (Lipinski definition) is 0. The van der Waals surface area contributed by atoms with Crippen LogP contribution >= 0.6 is 0 Å². The molecule has 2 aliphatic carbocycles. The van der Waals surface area contributed by atoms with Crippen LogP contribution < -0.4 is 0 Å². The molecule has 128 valence electrons. The molecule has 22 heavy (non-hydrogen) atoms. The Morgan fingerprint density at radius 2 is 1.95 bits per heavy atom. The van der Waals surface area contributed by atoms with Crippen LogP contribution in [0.5, 0.6) is 0 Å². The Bertz CT molecular complexity index is 366. The van der Waals surface area contributed by atoms with Crippen molar-refractivity contribution in [2.24, 2.45) is 29.1 Å². The van der Waals surface area contributed by atoms with Crippen molar-refractivity contribution in [3.05, 3.63) is 11.6 Å². The zero-order valence-electron chi connectivity index (χ0n) is 16.0. The molecular formula is C22H40. The van der Waals surface area contributed by atoms with E-state index in [0.29, 0.717) is 5.41 Å². The number of hydrogen-bond acceptors (Lipinski definition) is 0. The summed E-state index contributed by atoms with van der Waals surface area (Å²) in [4.78, 5) is 0. The van der Waals surface area contributed by atoms with Gasteiger partial charge in [0.2, 0.25) is 0 Å².